The second kappa shape index (κ2) is 6.44. The summed E-state index contributed by atoms with van der Waals surface area (Å²) in [6.07, 6.45) is 0. The van der Waals surface area contributed by atoms with Crippen molar-refractivity contribution in [2.24, 2.45) is 0 Å². The lowest BCUT2D eigenvalue weighted by molar-refractivity contribution is -0.114. The number of benzene rings is 2. The maximum atomic E-state index is 12.0. The minimum Gasteiger partial charge on any atom is -0.376 e. The Balaban J connectivity index is 1.96. The van der Waals surface area contributed by atoms with Gasteiger partial charge in [0.2, 0.25) is 5.91 Å². The highest BCUT2D eigenvalue weighted by molar-refractivity contribution is 5.94. The third-order valence-electron chi connectivity index (χ3n) is 3.83. The molecule has 0 saturated heterocycles. The number of carbonyl (C=O) groups excluding carboxylic acids is 1. The smallest absolute Gasteiger partial charge is 0.243 e. The Hall–Kier alpha value is -2.29. The summed E-state index contributed by atoms with van der Waals surface area (Å²) >= 11 is 0. The highest BCUT2D eigenvalue weighted by atomic mass is 16.1. The normalized spacial score (nSPS) is 10.3. The number of rotatable bonds is 4. The van der Waals surface area contributed by atoms with Crippen LogP contribution in [0.2, 0.25) is 0 Å². The lowest BCUT2D eigenvalue weighted by Gasteiger charge is -2.12. The molecule has 0 atom stereocenters. The molecule has 2 rings (SSSR count). The molecule has 0 heterocycles. The van der Waals surface area contributed by atoms with Crippen LogP contribution in [-0.2, 0) is 4.79 Å². The Labute approximate surface area is 126 Å². The van der Waals surface area contributed by atoms with Crippen molar-refractivity contribution in [1.29, 1.82) is 0 Å². The van der Waals surface area contributed by atoms with Crippen LogP contribution in [0.15, 0.2) is 36.4 Å². The van der Waals surface area contributed by atoms with Gasteiger partial charge in [-0.3, -0.25) is 4.79 Å². The number of amides is 1. The van der Waals surface area contributed by atoms with E-state index >= 15 is 0 Å². The lowest BCUT2D eigenvalue weighted by Crippen LogP contribution is -2.22. The Kier molecular flexibility index (Phi) is 4.63. The quantitative estimate of drug-likeness (QED) is 0.891. The molecule has 0 aliphatic heterocycles. The number of nitrogens with one attached hydrogen (secondary N) is 2. The van der Waals surface area contributed by atoms with Crippen LogP contribution in [-0.4, -0.2) is 12.5 Å². The highest BCUT2D eigenvalue weighted by Gasteiger charge is 2.05. The van der Waals surface area contributed by atoms with Crippen LogP contribution in [0.5, 0.6) is 0 Å². The van der Waals surface area contributed by atoms with E-state index in [9.17, 15) is 4.79 Å². The second-order valence-electron chi connectivity index (χ2n) is 5.45. The van der Waals surface area contributed by atoms with Crippen molar-refractivity contribution in [3.05, 3.63) is 58.7 Å². The maximum absolute atomic E-state index is 12.0. The molecule has 0 spiro atoms. The highest BCUT2D eigenvalue weighted by Crippen LogP contribution is 2.18. The van der Waals surface area contributed by atoms with Crippen molar-refractivity contribution in [2.75, 3.05) is 17.2 Å². The molecule has 2 N–H and O–H groups in total. The Morgan fingerprint density at radius 2 is 1.71 bits per heavy atom. The molecule has 110 valence electrons. The van der Waals surface area contributed by atoms with Gasteiger partial charge in [0.25, 0.3) is 0 Å². The van der Waals surface area contributed by atoms with Gasteiger partial charge < -0.3 is 10.6 Å². The molecule has 0 aliphatic carbocycles. The molecule has 2 aromatic carbocycles. The molecule has 0 unspecified atom stereocenters. The molecule has 0 bridgehead atoms. The van der Waals surface area contributed by atoms with E-state index in [4.69, 9.17) is 0 Å². The van der Waals surface area contributed by atoms with Crippen LogP contribution in [0.1, 0.15) is 22.3 Å². The summed E-state index contributed by atoms with van der Waals surface area (Å²) in [7, 11) is 0. The van der Waals surface area contributed by atoms with Gasteiger partial charge in [0, 0.05) is 11.4 Å². The molecule has 2 aromatic rings. The molecule has 0 aromatic heterocycles. The van der Waals surface area contributed by atoms with Crippen LogP contribution in [0.4, 0.5) is 11.4 Å². The van der Waals surface area contributed by atoms with Crippen LogP contribution < -0.4 is 10.6 Å². The molecule has 0 saturated carbocycles. The molecule has 1 amide bonds. The first-order chi connectivity index (χ1) is 9.97. The van der Waals surface area contributed by atoms with E-state index in [2.05, 4.69) is 37.5 Å². The summed E-state index contributed by atoms with van der Waals surface area (Å²) < 4.78 is 0. The van der Waals surface area contributed by atoms with Crippen LogP contribution in [0.3, 0.4) is 0 Å². The molecular formula is C18H22N2O. The van der Waals surface area contributed by atoms with Crippen molar-refractivity contribution in [3.63, 3.8) is 0 Å². The van der Waals surface area contributed by atoms with E-state index in [0.717, 1.165) is 11.4 Å². The van der Waals surface area contributed by atoms with Crippen molar-refractivity contribution in [3.8, 4) is 0 Å². The van der Waals surface area contributed by atoms with Crippen molar-refractivity contribution < 1.29 is 4.79 Å². The third-order valence-corrected chi connectivity index (χ3v) is 3.83. The average Bonchev–Trinajstić information content (AvgIpc) is 2.44. The lowest BCUT2D eigenvalue weighted by atomic mass is 10.1. The summed E-state index contributed by atoms with van der Waals surface area (Å²) in [5.41, 5.74) is 6.64. The zero-order valence-electron chi connectivity index (χ0n) is 13.1. The number of anilines is 2. The van der Waals surface area contributed by atoms with Gasteiger partial charge in [-0.25, -0.2) is 0 Å². The predicted molar refractivity (Wildman–Crippen MR) is 89.0 cm³/mol. The average molecular weight is 282 g/mol. The van der Waals surface area contributed by atoms with E-state index in [1.54, 1.807) is 0 Å². The van der Waals surface area contributed by atoms with Crippen LogP contribution in [0, 0.1) is 27.7 Å². The van der Waals surface area contributed by atoms with Crippen LogP contribution in [0.25, 0.3) is 0 Å². The molecule has 0 fully saturated rings. The van der Waals surface area contributed by atoms with Crippen LogP contribution >= 0.6 is 0 Å². The topological polar surface area (TPSA) is 41.1 Å². The molecule has 3 nitrogen and oxygen atoms in total. The Bertz CT molecular complexity index is 662. The molecule has 3 heteroatoms. The largest absolute Gasteiger partial charge is 0.376 e. The zero-order chi connectivity index (χ0) is 15.4. The van der Waals surface area contributed by atoms with Gasteiger partial charge >= 0.3 is 0 Å². The van der Waals surface area contributed by atoms with Gasteiger partial charge in [-0.15, -0.1) is 0 Å². The molecule has 0 aliphatic rings. The Morgan fingerprint density at radius 1 is 0.952 bits per heavy atom. The van der Waals surface area contributed by atoms with Crippen molar-refractivity contribution in [1.82, 2.24) is 0 Å². The predicted octanol–water partition coefficient (Wildman–Crippen LogP) is 3.97. The summed E-state index contributed by atoms with van der Waals surface area (Å²) in [5, 5.41) is 6.10. The van der Waals surface area contributed by atoms with E-state index in [-0.39, 0.29) is 12.5 Å². The van der Waals surface area contributed by atoms with Gasteiger partial charge in [-0.2, -0.15) is 0 Å². The summed E-state index contributed by atoms with van der Waals surface area (Å²) in [4.78, 5) is 12.0. The van der Waals surface area contributed by atoms with Gasteiger partial charge in [0.15, 0.2) is 0 Å². The number of hydrogen-bond donors (Lipinski definition) is 2. The fourth-order valence-corrected chi connectivity index (χ4v) is 2.14. The third kappa shape index (κ3) is 3.85. The van der Waals surface area contributed by atoms with E-state index in [1.165, 1.54) is 22.3 Å². The zero-order valence-corrected chi connectivity index (χ0v) is 13.1. The van der Waals surface area contributed by atoms with Gasteiger partial charge in [0.1, 0.15) is 0 Å². The SMILES string of the molecule is Cc1ccc(NC(=O)CNc2cccc(C)c2C)cc1C. The monoisotopic (exact) mass is 282 g/mol. The minimum atomic E-state index is -0.0424. The number of hydrogen-bond acceptors (Lipinski definition) is 2. The van der Waals surface area contributed by atoms with Crippen molar-refractivity contribution in [2.45, 2.75) is 27.7 Å². The fourth-order valence-electron chi connectivity index (χ4n) is 2.14. The summed E-state index contributed by atoms with van der Waals surface area (Å²) in [6, 6.07) is 12.0. The standard InChI is InChI=1S/C18H22N2O/c1-12-8-9-16(10-14(12)3)20-18(21)11-19-17-7-5-6-13(2)15(17)4/h5-10,19H,11H2,1-4H3,(H,20,21). The molecule has 0 radical (unpaired) electrons. The van der Waals surface area contributed by atoms with Crippen molar-refractivity contribution >= 4 is 17.3 Å². The molecular weight excluding hydrogens is 260 g/mol. The second-order valence-corrected chi connectivity index (χ2v) is 5.45. The fraction of sp³-hybridized carbons (Fsp3) is 0.278. The van der Waals surface area contributed by atoms with E-state index in [1.807, 2.05) is 37.3 Å². The first kappa shape index (κ1) is 15.1. The number of aryl methyl sites for hydroxylation is 3. The summed E-state index contributed by atoms with van der Waals surface area (Å²) in [6.45, 7) is 8.48. The van der Waals surface area contributed by atoms with Gasteiger partial charge in [-0.05, 0) is 68.1 Å². The maximum Gasteiger partial charge on any atom is 0.243 e. The van der Waals surface area contributed by atoms with E-state index in [0.29, 0.717) is 0 Å². The minimum absolute atomic E-state index is 0.0424. The molecule has 21 heavy (non-hydrogen) atoms. The Morgan fingerprint density at radius 3 is 2.43 bits per heavy atom. The number of carbonyl (C=O) groups is 1. The van der Waals surface area contributed by atoms with Gasteiger partial charge in [-0.1, -0.05) is 18.2 Å². The van der Waals surface area contributed by atoms with Gasteiger partial charge in [0.05, 0.1) is 6.54 Å². The first-order valence-electron chi connectivity index (χ1n) is 7.14. The summed E-state index contributed by atoms with van der Waals surface area (Å²) in [5.74, 6) is -0.0424. The first-order valence-corrected chi connectivity index (χ1v) is 7.14. The van der Waals surface area contributed by atoms with E-state index < -0.39 is 0 Å².